The molecule has 0 bridgehead atoms. The Kier molecular flexibility index (Phi) is 11.2. The molecule has 0 aromatic carbocycles. The molecule has 19 atom stereocenters. The molecule has 57 heavy (non-hydrogen) atoms. The van der Waals surface area contributed by atoms with E-state index < -0.39 is 96.9 Å². The van der Waals surface area contributed by atoms with E-state index in [9.17, 15) is 55.5 Å². The Morgan fingerprint density at radius 3 is 2.09 bits per heavy atom. The summed E-state index contributed by atoms with van der Waals surface area (Å²) < 4.78 is 22.7. The van der Waals surface area contributed by atoms with Crippen LogP contribution in [0.2, 0.25) is 0 Å². The van der Waals surface area contributed by atoms with Crippen LogP contribution >= 0.6 is 0 Å². The van der Waals surface area contributed by atoms with Crippen LogP contribution in [0.3, 0.4) is 0 Å². The minimum absolute atomic E-state index is 0.0540. The van der Waals surface area contributed by atoms with Crippen molar-refractivity contribution in [3.8, 4) is 0 Å². The van der Waals surface area contributed by atoms with Gasteiger partial charge < -0.3 is 64.9 Å². The maximum absolute atomic E-state index is 14.8. The maximum Gasteiger partial charge on any atom is 0.335 e. The SMILES string of the molecule is CC1(C)CC[C@@]2(C(=O)O[C@H]3O[C@@H](CO)[C@H](O[C@H]4O[C@@H](C(=O)O)[C@H](O)[C@@H](O)[C@@H]4O)[C@@H](O)[C@@H]3O)CC[C@]3(C)C(=CC[C@@H]4[C@@]5(C)CC[C@@H](O)[C@](C)(CO)[C@@H]5CC[C@]43C)[C@H]2C1. The molecule has 15 nitrogen and oxygen atoms in total. The van der Waals surface area contributed by atoms with Gasteiger partial charge in [0, 0.05) is 5.41 Å². The average molecular weight is 811 g/mol. The number of carboxylic acid groups (broad SMARTS) is 1. The third-order valence-corrected chi connectivity index (χ3v) is 17.3. The summed E-state index contributed by atoms with van der Waals surface area (Å²) in [4.78, 5) is 26.4. The normalized spacial score (nSPS) is 53.3. The third kappa shape index (κ3) is 6.39. The first-order valence-electron chi connectivity index (χ1n) is 21.0. The van der Waals surface area contributed by atoms with Crippen molar-refractivity contribution in [2.45, 2.75) is 173 Å². The van der Waals surface area contributed by atoms with Crippen molar-refractivity contribution in [3.63, 3.8) is 0 Å². The van der Waals surface area contributed by atoms with Crippen molar-refractivity contribution in [2.24, 2.45) is 50.2 Å². The van der Waals surface area contributed by atoms with Crippen LogP contribution in [0.4, 0.5) is 0 Å². The molecule has 7 rings (SSSR count). The molecule has 0 unspecified atom stereocenters. The Labute approximate surface area is 334 Å². The van der Waals surface area contributed by atoms with Gasteiger partial charge in [0.1, 0.15) is 42.7 Å². The smallest absolute Gasteiger partial charge is 0.335 e. The lowest BCUT2D eigenvalue weighted by Crippen LogP contribution is -2.66. The molecule has 4 saturated carbocycles. The third-order valence-electron chi connectivity index (χ3n) is 17.3. The van der Waals surface area contributed by atoms with Crippen molar-refractivity contribution >= 4 is 11.9 Å². The molecule has 0 spiro atoms. The molecule has 9 N–H and O–H groups in total. The topological polar surface area (TPSA) is 253 Å². The fourth-order valence-electron chi connectivity index (χ4n) is 13.5. The van der Waals surface area contributed by atoms with E-state index in [0.717, 1.165) is 44.9 Å². The van der Waals surface area contributed by atoms with E-state index >= 15 is 0 Å². The Morgan fingerprint density at radius 2 is 1.44 bits per heavy atom. The Morgan fingerprint density at radius 1 is 0.772 bits per heavy atom. The average Bonchev–Trinajstić information content (AvgIpc) is 3.16. The summed E-state index contributed by atoms with van der Waals surface area (Å²) in [7, 11) is 0. The van der Waals surface area contributed by atoms with Crippen LogP contribution in [0.25, 0.3) is 0 Å². The van der Waals surface area contributed by atoms with E-state index in [1.165, 1.54) is 5.57 Å². The molecule has 15 heteroatoms. The fourth-order valence-corrected chi connectivity index (χ4v) is 13.5. The van der Waals surface area contributed by atoms with E-state index in [1.807, 2.05) is 6.92 Å². The lowest BCUT2D eigenvalue weighted by Gasteiger charge is -2.71. The highest BCUT2D eigenvalue weighted by molar-refractivity contribution is 5.79. The maximum atomic E-state index is 14.8. The number of ether oxygens (including phenoxy) is 4. The Balaban J connectivity index is 1.14. The van der Waals surface area contributed by atoms with Crippen molar-refractivity contribution in [1.82, 2.24) is 0 Å². The predicted octanol–water partition coefficient (Wildman–Crippen LogP) is 1.38. The zero-order valence-corrected chi connectivity index (χ0v) is 34.1. The zero-order valence-electron chi connectivity index (χ0n) is 34.1. The number of carboxylic acids is 1. The van der Waals surface area contributed by atoms with Crippen LogP contribution < -0.4 is 0 Å². The summed E-state index contributed by atoms with van der Waals surface area (Å²) in [6.45, 7) is 12.8. The molecule has 0 aromatic heterocycles. The van der Waals surface area contributed by atoms with Gasteiger partial charge in [0.2, 0.25) is 6.29 Å². The van der Waals surface area contributed by atoms with Gasteiger partial charge in [-0.3, -0.25) is 4.79 Å². The number of carbonyl (C=O) groups is 2. The molecule has 2 heterocycles. The van der Waals surface area contributed by atoms with Crippen molar-refractivity contribution in [2.75, 3.05) is 13.2 Å². The van der Waals surface area contributed by atoms with Gasteiger partial charge in [-0.1, -0.05) is 53.2 Å². The van der Waals surface area contributed by atoms with E-state index in [4.69, 9.17) is 18.9 Å². The van der Waals surface area contributed by atoms with E-state index in [2.05, 4.69) is 40.7 Å². The fraction of sp³-hybridized carbons (Fsp3) is 0.905. The summed E-state index contributed by atoms with van der Waals surface area (Å²) >= 11 is 0. The summed E-state index contributed by atoms with van der Waals surface area (Å²) in [5, 5.41) is 94.9. The second kappa shape index (κ2) is 14.7. The lowest BCUT2D eigenvalue weighted by atomic mass is 9.33. The van der Waals surface area contributed by atoms with Crippen LogP contribution in [-0.4, -0.2) is 139 Å². The van der Waals surface area contributed by atoms with Crippen molar-refractivity contribution < 1.29 is 74.5 Å². The quantitative estimate of drug-likeness (QED) is 0.130. The molecule has 7 aliphatic rings. The molecule has 324 valence electrons. The number of esters is 1. The van der Waals surface area contributed by atoms with Gasteiger partial charge in [-0.05, 0) is 104 Å². The summed E-state index contributed by atoms with van der Waals surface area (Å²) in [5.74, 6) is -1.89. The van der Waals surface area contributed by atoms with Crippen LogP contribution in [-0.2, 0) is 28.5 Å². The molecule has 0 radical (unpaired) electrons. The van der Waals surface area contributed by atoms with Crippen LogP contribution in [0.5, 0.6) is 0 Å². The highest BCUT2D eigenvalue weighted by Gasteiger charge is 2.70. The molecule has 5 aliphatic carbocycles. The minimum Gasteiger partial charge on any atom is -0.479 e. The standard InChI is InChI=1S/C42H66O15/c1-37(2)13-15-42(36(53)57-34-30(50)28(48)31(22(18-43)54-34)55-35-29(49)26(46)27(47)32(56-35)33(51)52)16-14-40(5)20(21(42)17-37)7-8-24-38(3)11-10-25(45)39(4,19-44)23(38)9-12-41(24,40)6/h7,21-32,34-35,43-50H,8-19H2,1-6H3,(H,51,52)/t21-,22+,23-,24-,25-,26-,27-,28+,29+,30+,31+,32-,34-,35+,38+,39-,40-,41-,42-/m1/s1. The summed E-state index contributed by atoms with van der Waals surface area (Å²) in [5.41, 5.74) is -0.762. The lowest BCUT2D eigenvalue weighted by molar-refractivity contribution is -0.353. The second-order valence-electron chi connectivity index (χ2n) is 20.5. The number of rotatable bonds is 7. The minimum atomic E-state index is -1.99. The first kappa shape index (κ1) is 43.3. The van der Waals surface area contributed by atoms with Crippen molar-refractivity contribution in [1.29, 1.82) is 0 Å². The summed E-state index contributed by atoms with van der Waals surface area (Å²) in [6.07, 6.45) is -9.02. The predicted molar refractivity (Wildman–Crippen MR) is 200 cm³/mol. The molecule has 2 aliphatic heterocycles. The summed E-state index contributed by atoms with van der Waals surface area (Å²) in [6, 6.07) is 0. The highest BCUT2D eigenvalue weighted by Crippen LogP contribution is 2.76. The number of hydrogen-bond acceptors (Lipinski definition) is 14. The number of allylic oxidation sites excluding steroid dienone is 2. The number of fused-ring (bicyclic) bond motifs is 7. The van der Waals surface area contributed by atoms with Gasteiger partial charge in [0.25, 0.3) is 0 Å². The number of aliphatic hydroxyl groups is 8. The van der Waals surface area contributed by atoms with Gasteiger partial charge >= 0.3 is 11.9 Å². The van der Waals surface area contributed by atoms with Crippen LogP contribution in [0.15, 0.2) is 11.6 Å². The molecule has 0 amide bonds. The Bertz CT molecular complexity index is 1590. The number of aliphatic hydroxyl groups excluding tert-OH is 8. The van der Waals surface area contributed by atoms with Gasteiger partial charge in [0.05, 0.1) is 24.7 Å². The monoisotopic (exact) mass is 810 g/mol. The zero-order chi connectivity index (χ0) is 41.8. The van der Waals surface area contributed by atoms with Gasteiger partial charge in [-0.15, -0.1) is 0 Å². The van der Waals surface area contributed by atoms with Crippen molar-refractivity contribution in [3.05, 3.63) is 11.6 Å². The van der Waals surface area contributed by atoms with Gasteiger partial charge in [-0.2, -0.15) is 0 Å². The molecule has 2 saturated heterocycles. The largest absolute Gasteiger partial charge is 0.479 e. The number of carbonyl (C=O) groups excluding carboxylic acids is 1. The second-order valence-corrected chi connectivity index (χ2v) is 20.5. The first-order valence-corrected chi connectivity index (χ1v) is 21.0. The van der Waals surface area contributed by atoms with Gasteiger partial charge in [0.15, 0.2) is 12.4 Å². The van der Waals surface area contributed by atoms with Gasteiger partial charge in [-0.25, -0.2) is 4.79 Å². The molecule has 6 fully saturated rings. The molecular weight excluding hydrogens is 744 g/mol. The van der Waals surface area contributed by atoms with E-state index in [-0.39, 0.29) is 40.1 Å². The highest BCUT2D eigenvalue weighted by atomic mass is 16.7. The Hall–Kier alpha value is -1.76. The first-order chi connectivity index (χ1) is 26.5. The van der Waals surface area contributed by atoms with Crippen LogP contribution in [0, 0.1) is 50.2 Å². The van der Waals surface area contributed by atoms with E-state index in [1.54, 1.807) is 0 Å². The molecule has 0 aromatic rings. The number of hydrogen-bond donors (Lipinski definition) is 9. The van der Waals surface area contributed by atoms with Crippen LogP contribution in [0.1, 0.15) is 106 Å². The van der Waals surface area contributed by atoms with E-state index in [0.29, 0.717) is 25.2 Å². The molecular formula is C42H66O15. The number of aliphatic carboxylic acids is 1.